The Labute approximate surface area is 255 Å². The van der Waals surface area contributed by atoms with Gasteiger partial charge in [-0.15, -0.1) is 0 Å². The molecule has 9 nitrogen and oxygen atoms in total. The molecule has 4 fully saturated rings. The minimum Gasteiger partial charge on any atom is -0.508 e. The zero-order chi connectivity index (χ0) is 29.6. The lowest BCUT2D eigenvalue weighted by atomic mass is 9.95. The van der Waals surface area contributed by atoms with Gasteiger partial charge >= 0.3 is 6.01 Å². The monoisotopic (exact) mass is 596 g/mol. The third-order valence-corrected chi connectivity index (χ3v) is 10.8. The van der Waals surface area contributed by atoms with Crippen LogP contribution >= 0.6 is 0 Å². The molecule has 0 amide bonds. The van der Waals surface area contributed by atoms with Crippen molar-refractivity contribution < 1.29 is 19.0 Å². The summed E-state index contributed by atoms with van der Waals surface area (Å²) in [6.07, 6.45) is 4.73. The van der Waals surface area contributed by atoms with Crippen LogP contribution in [0.5, 0.6) is 17.6 Å². The number of alkyl halides is 1. The van der Waals surface area contributed by atoms with E-state index in [2.05, 4.69) is 28.1 Å². The fourth-order valence-corrected chi connectivity index (χ4v) is 8.73. The highest BCUT2D eigenvalue weighted by atomic mass is 19.1. The first-order chi connectivity index (χ1) is 21.5. The molecule has 2 aromatic carbocycles. The fraction of sp³-hybridized carbons (Fsp3) is 0.500. The van der Waals surface area contributed by atoms with Crippen molar-refractivity contribution in [3.8, 4) is 28.9 Å². The SMILES string of the molecule is CCc1cccc2cc(O)cc(-c3cc4nc(OC[C@@]56CCCN5C[C@H](F)C6)nc5c4c(n3)OC[C@@H]3[C@H]4CC[C@@H](CN53)N4)c12. The minimum atomic E-state index is -0.823. The van der Waals surface area contributed by atoms with Crippen molar-refractivity contribution in [2.45, 2.75) is 75.3 Å². The number of aryl methyl sites for hydroxylation is 1. The number of hydrogen-bond donors (Lipinski definition) is 2. The number of halogens is 1. The Balaban J connectivity index is 1.21. The Hall–Kier alpha value is -3.76. The molecule has 228 valence electrons. The number of pyridine rings is 1. The average Bonchev–Trinajstić information content (AvgIpc) is 3.66. The Morgan fingerprint density at radius 3 is 2.98 bits per heavy atom. The number of phenolic OH excluding ortho intramolecular Hbond substituents is 1. The predicted octanol–water partition coefficient (Wildman–Crippen LogP) is 4.77. The first kappa shape index (κ1) is 26.6. The summed E-state index contributed by atoms with van der Waals surface area (Å²) < 4.78 is 27.5. The molecule has 0 radical (unpaired) electrons. The largest absolute Gasteiger partial charge is 0.508 e. The van der Waals surface area contributed by atoms with Gasteiger partial charge < -0.3 is 24.8 Å². The van der Waals surface area contributed by atoms with Crippen molar-refractivity contribution in [3.05, 3.63) is 42.0 Å². The summed E-state index contributed by atoms with van der Waals surface area (Å²) in [5, 5.41) is 17.3. The highest BCUT2D eigenvalue weighted by Crippen LogP contribution is 2.44. The molecular weight excluding hydrogens is 559 g/mol. The van der Waals surface area contributed by atoms with E-state index in [4.69, 9.17) is 24.4 Å². The first-order valence-corrected chi connectivity index (χ1v) is 16.1. The van der Waals surface area contributed by atoms with E-state index in [1.54, 1.807) is 12.1 Å². The molecule has 2 bridgehead atoms. The topological polar surface area (TPSA) is 95.9 Å². The van der Waals surface area contributed by atoms with Crippen LogP contribution in [-0.2, 0) is 6.42 Å². The summed E-state index contributed by atoms with van der Waals surface area (Å²) in [6, 6.07) is 12.9. The van der Waals surface area contributed by atoms with Crippen LogP contribution in [0, 0.1) is 0 Å². The van der Waals surface area contributed by atoms with Crippen LogP contribution in [-0.4, -0.2) is 87.6 Å². The van der Waals surface area contributed by atoms with Crippen molar-refractivity contribution in [1.82, 2.24) is 25.2 Å². The third-order valence-electron chi connectivity index (χ3n) is 10.8. The maximum absolute atomic E-state index is 14.5. The van der Waals surface area contributed by atoms with Gasteiger partial charge in [0.15, 0.2) is 0 Å². The Morgan fingerprint density at radius 2 is 2.07 bits per heavy atom. The molecule has 5 aliphatic heterocycles. The van der Waals surface area contributed by atoms with Crippen molar-refractivity contribution in [3.63, 3.8) is 0 Å². The lowest BCUT2D eigenvalue weighted by Crippen LogP contribution is -2.60. The van der Waals surface area contributed by atoms with Crippen molar-refractivity contribution >= 4 is 27.5 Å². The average molecular weight is 597 g/mol. The number of hydrogen-bond acceptors (Lipinski definition) is 9. The van der Waals surface area contributed by atoms with Crippen LogP contribution in [0.1, 0.15) is 44.6 Å². The number of nitrogens with zero attached hydrogens (tertiary/aromatic N) is 5. The summed E-state index contributed by atoms with van der Waals surface area (Å²) in [4.78, 5) is 19.7. The van der Waals surface area contributed by atoms with Crippen LogP contribution in [0.4, 0.5) is 10.2 Å². The molecular formula is C34H37FN6O3. The van der Waals surface area contributed by atoms with Gasteiger partial charge in [0.25, 0.3) is 0 Å². The smallest absolute Gasteiger partial charge is 0.319 e. The van der Waals surface area contributed by atoms with E-state index in [1.165, 1.54) is 5.56 Å². The van der Waals surface area contributed by atoms with Gasteiger partial charge in [0, 0.05) is 37.2 Å². The molecule has 5 atom stereocenters. The third kappa shape index (κ3) is 4.06. The van der Waals surface area contributed by atoms with Crippen molar-refractivity contribution in [2.24, 2.45) is 0 Å². The molecule has 0 spiro atoms. The quantitative estimate of drug-likeness (QED) is 0.338. The molecule has 0 aliphatic carbocycles. The molecule has 10 heteroatoms. The van der Waals surface area contributed by atoms with Crippen LogP contribution in [0.25, 0.3) is 32.9 Å². The summed E-state index contributed by atoms with van der Waals surface area (Å²) >= 11 is 0. The Kier molecular flexibility index (Phi) is 5.97. The van der Waals surface area contributed by atoms with E-state index in [0.29, 0.717) is 61.4 Å². The van der Waals surface area contributed by atoms with Crippen molar-refractivity contribution in [1.29, 1.82) is 0 Å². The first-order valence-electron chi connectivity index (χ1n) is 16.1. The van der Waals surface area contributed by atoms with E-state index in [0.717, 1.165) is 72.7 Å². The molecule has 9 rings (SSSR count). The molecule has 2 N–H and O–H groups in total. The number of piperazine rings is 1. The number of nitrogens with one attached hydrogen (secondary N) is 1. The number of aromatic nitrogens is 3. The number of ether oxygens (including phenoxy) is 2. The standard InChI is InChI=1S/C34H37FN6O3/c1-2-19-5-3-6-20-11-23(42)12-24(29(19)20)26-13-27-30-31(41-16-22-7-8-25(36-22)28(41)17-43-32(30)37-26)39-33(38-27)44-18-34-9-4-10-40(34)15-21(35)14-34/h3,5-6,11-13,21-22,25,28,36,42H,2,4,7-10,14-18H2,1H3/t21-,22+,25-,28-,34+/m1/s1. The lowest BCUT2D eigenvalue weighted by molar-refractivity contribution is 0.107. The molecule has 44 heavy (non-hydrogen) atoms. The van der Waals surface area contributed by atoms with Crippen LogP contribution in [0.15, 0.2) is 36.4 Å². The second-order valence-electron chi connectivity index (χ2n) is 13.3. The Bertz CT molecular complexity index is 1800. The summed E-state index contributed by atoms with van der Waals surface area (Å²) in [6.45, 7) is 5.21. The van der Waals surface area contributed by atoms with E-state index in [1.807, 2.05) is 18.2 Å². The van der Waals surface area contributed by atoms with Gasteiger partial charge in [-0.2, -0.15) is 9.97 Å². The number of anilines is 1. The normalized spacial score (nSPS) is 29.1. The minimum absolute atomic E-state index is 0.108. The van der Waals surface area contributed by atoms with E-state index in [9.17, 15) is 9.50 Å². The highest BCUT2D eigenvalue weighted by Gasteiger charge is 2.50. The van der Waals surface area contributed by atoms with E-state index < -0.39 is 6.17 Å². The molecule has 4 saturated heterocycles. The number of benzene rings is 2. The Morgan fingerprint density at radius 1 is 1.14 bits per heavy atom. The maximum Gasteiger partial charge on any atom is 0.319 e. The molecule has 2 aromatic heterocycles. The van der Waals surface area contributed by atoms with Crippen molar-refractivity contribution in [2.75, 3.05) is 37.7 Å². The zero-order valence-corrected chi connectivity index (χ0v) is 24.9. The number of phenols is 1. The number of fused-ring (bicyclic) bond motifs is 7. The van der Waals surface area contributed by atoms with Gasteiger partial charge in [-0.1, -0.05) is 25.1 Å². The van der Waals surface area contributed by atoms with Gasteiger partial charge in [0.1, 0.15) is 36.3 Å². The molecule has 0 unspecified atom stereocenters. The van der Waals surface area contributed by atoms with Gasteiger partial charge in [-0.05, 0) is 73.2 Å². The number of rotatable bonds is 5. The summed E-state index contributed by atoms with van der Waals surface area (Å²) in [5.41, 5.74) is 3.10. The summed E-state index contributed by atoms with van der Waals surface area (Å²) in [7, 11) is 0. The molecule has 0 saturated carbocycles. The second-order valence-corrected chi connectivity index (χ2v) is 13.3. The van der Waals surface area contributed by atoms with Gasteiger partial charge in [-0.25, -0.2) is 9.37 Å². The van der Waals surface area contributed by atoms with Gasteiger partial charge in [-0.3, -0.25) is 4.90 Å². The predicted molar refractivity (Wildman–Crippen MR) is 166 cm³/mol. The lowest BCUT2D eigenvalue weighted by Gasteiger charge is -2.40. The van der Waals surface area contributed by atoms with Gasteiger partial charge in [0.2, 0.25) is 5.88 Å². The van der Waals surface area contributed by atoms with Crippen LogP contribution in [0.3, 0.4) is 0 Å². The van der Waals surface area contributed by atoms with E-state index in [-0.39, 0.29) is 17.3 Å². The van der Waals surface area contributed by atoms with Gasteiger partial charge in [0.05, 0.1) is 22.8 Å². The zero-order valence-electron chi connectivity index (χ0n) is 24.9. The van der Waals surface area contributed by atoms with E-state index >= 15 is 0 Å². The second kappa shape index (κ2) is 9.87. The molecule has 5 aliphatic rings. The summed E-state index contributed by atoms with van der Waals surface area (Å²) in [5.74, 6) is 1.49. The molecule has 4 aromatic rings. The number of aromatic hydroxyl groups is 1. The fourth-order valence-electron chi connectivity index (χ4n) is 8.73. The highest BCUT2D eigenvalue weighted by molar-refractivity contribution is 6.02. The van der Waals surface area contributed by atoms with Crippen LogP contribution < -0.4 is 19.7 Å². The van der Waals surface area contributed by atoms with Crippen LogP contribution in [0.2, 0.25) is 0 Å². The molecule has 7 heterocycles. The maximum atomic E-state index is 14.5.